The highest BCUT2D eigenvalue weighted by atomic mass is 16.1. The fourth-order valence-corrected chi connectivity index (χ4v) is 1.59. The summed E-state index contributed by atoms with van der Waals surface area (Å²) in [5.74, 6) is 0.100. The van der Waals surface area contributed by atoms with Crippen LogP contribution in [0.2, 0.25) is 0 Å². The van der Waals surface area contributed by atoms with Gasteiger partial charge >= 0.3 is 0 Å². The molecule has 0 aliphatic carbocycles. The van der Waals surface area contributed by atoms with E-state index in [4.69, 9.17) is 11.5 Å². The summed E-state index contributed by atoms with van der Waals surface area (Å²) >= 11 is 0. The third kappa shape index (κ3) is 3.37. The van der Waals surface area contributed by atoms with E-state index in [2.05, 4.69) is 26.1 Å². The molecule has 1 rings (SSSR count). The number of nitrogens with two attached hydrogens (primary N) is 2. The molecule has 0 saturated carbocycles. The number of nitrogen functional groups attached to an aromatic ring is 1. The molecule has 1 aromatic carbocycles. The zero-order valence-electron chi connectivity index (χ0n) is 10.7. The summed E-state index contributed by atoms with van der Waals surface area (Å²) in [5.41, 5.74) is 12.9. The van der Waals surface area contributed by atoms with Crippen molar-refractivity contribution in [1.29, 1.82) is 0 Å². The van der Waals surface area contributed by atoms with Gasteiger partial charge in [-0.25, -0.2) is 0 Å². The maximum Gasteiger partial charge on any atom is 0.248 e. The number of nitrogens with one attached hydrogen (secondary N) is 1. The monoisotopic (exact) mass is 235 g/mol. The van der Waals surface area contributed by atoms with Crippen LogP contribution in [0.1, 0.15) is 37.6 Å². The molecule has 0 aliphatic heterocycles. The number of primary amides is 1. The van der Waals surface area contributed by atoms with Crippen molar-refractivity contribution < 1.29 is 4.79 Å². The summed E-state index contributed by atoms with van der Waals surface area (Å²) in [6, 6.07) is 5.42. The minimum absolute atomic E-state index is 0.335. The molecule has 17 heavy (non-hydrogen) atoms. The van der Waals surface area contributed by atoms with Gasteiger partial charge in [0.05, 0.1) is 11.4 Å². The highest BCUT2D eigenvalue weighted by molar-refractivity contribution is 5.94. The Balaban J connectivity index is 2.82. The van der Waals surface area contributed by atoms with E-state index in [1.807, 2.05) is 0 Å². The van der Waals surface area contributed by atoms with Crippen LogP contribution in [0.3, 0.4) is 0 Å². The molecule has 2 atom stereocenters. The van der Waals surface area contributed by atoms with Gasteiger partial charge in [-0.1, -0.05) is 20.3 Å². The van der Waals surface area contributed by atoms with Crippen molar-refractivity contribution in [3.8, 4) is 0 Å². The number of benzene rings is 1. The summed E-state index contributed by atoms with van der Waals surface area (Å²) < 4.78 is 0. The Morgan fingerprint density at radius 3 is 2.53 bits per heavy atom. The van der Waals surface area contributed by atoms with Crippen LogP contribution in [0.15, 0.2) is 18.2 Å². The van der Waals surface area contributed by atoms with Gasteiger partial charge in [-0.3, -0.25) is 4.79 Å². The molecule has 2 unspecified atom stereocenters. The largest absolute Gasteiger partial charge is 0.397 e. The first-order chi connectivity index (χ1) is 7.95. The van der Waals surface area contributed by atoms with Crippen molar-refractivity contribution in [1.82, 2.24) is 0 Å². The van der Waals surface area contributed by atoms with E-state index in [0.29, 0.717) is 23.2 Å². The number of hydrogen-bond donors (Lipinski definition) is 3. The maximum atomic E-state index is 11.0. The molecular weight excluding hydrogens is 214 g/mol. The van der Waals surface area contributed by atoms with E-state index in [1.54, 1.807) is 18.2 Å². The van der Waals surface area contributed by atoms with Crippen LogP contribution in [0.5, 0.6) is 0 Å². The molecule has 0 spiro atoms. The highest BCUT2D eigenvalue weighted by Crippen LogP contribution is 2.22. The first-order valence-electron chi connectivity index (χ1n) is 5.91. The zero-order chi connectivity index (χ0) is 13.0. The van der Waals surface area contributed by atoms with Crippen LogP contribution in [-0.4, -0.2) is 11.9 Å². The first-order valence-corrected chi connectivity index (χ1v) is 5.91. The molecule has 94 valence electrons. The van der Waals surface area contributed by atoms with Gasteiger partial charge in [0, 0.05) is 11.6 Å². The minimum atomic E-state index is -0.460. The van der Waals surface area contributed by atoms with Crippen molar-refractivity contribution in [2.75, 3.05) is 11.1 Å². The topological polar surface area (TPSA) is 81.1 Å². The Kier molecular flexibility index (Phi) is 4.37. The van der Waals surface area contributed by atoms with Gasteiger partial charge in [0.25, 0.3) is 0 Å². The molecule has 0 fully saturated rings. The number of anilines is 2. The second-order valence-electron chi connectivity index (χ2n) is 4.48. The van der Waals surface area contributed by atoms with Gasteiger partial charge < -0.3 is 16.8 Å². The summed E-state index contributed by atoms with van der Waals surface area (Å²) in [6.45, 7) is 6.46. The number of carbonyl (C=O) groups excluding carboxylic acids is 1. The Labute approximate surface area is 102 Å². The lowest BCUT2D eigenvalue weighted by Crippen LogP contribution is -2.24. The molecule has 4 heteroatoms. The van der Waals surface area contributed by atoms with Crippen LogP contribution >= 0.6 is 0 Å². The quantitative estimate of drug-likeness (QED) is 0.684. The highest BCUT2D eigenvalue weighted by Gasteiger charge is 2.12. The van der Waals surface area contributed by atoms with Crippen LogP contribution in [0, 0.1) is 5.92 Å². The van der Waals surface area contributed by atoms with Gasteiger partial charge in [-0.15, -0.1) is 0 Å². The van der Waals surface area contributed by atoms with Gasteiger partial charge in [0.2, 0.25) is 5.91 Å². The number of amides is 1. The summed E-state index contributed by atoms with van der Waals surface area (Å²) in [5, 5.41) is 3.35. The van der Waals surface area contributed by atoms with Crippen molar-refractivity contribution in [2.45, 2.75) is 33.2 Å². The summed E-state index contributed by atoms with van der Waals surface area (Å²) in [7, 11) is 0. The Hall–Kier alpha value is -1.71. The third-order valence-electron chi connectivity index (χ3n) is 3.22. The summed E-state index contributed by atoms with van der Waals surface area (Å²) in [4.78, 5) is 11.0. The van der Waals surface area contributed by atoms with E-state index in [9.17, 15) is 4.79 Å². The normalized spacial score (nSPS) is 14.1. The van der Waals surface area contributed by atoms with Crippen molar-refractivity contribution in [2.24, 2.45) is 11.7 Å². The molecule has 0 saturated heterocycles. The van der Waals surface area contributed by atoms with Crippen molar-refractivity contribution >= 4 is 17.3 Å². The number of hydrogen-bond acceptors (Lipinski definition) is 3. The van der Waals surface area contributed by atoms with E-state index in [1.165, 1.54) is 0 Å². The number of carbonyl (C=O) groups is 1. The molecule has 0 bridgehead atoms. The lowest BCUT2D eigenvalue weighted by molar-refractivity contribution is 0.100. The first kappa shape index (κ1) is 13.4. The molecule has 5 N–H and O–H groups in total. The minimum Gasteiger partial charge on any atom is -0.397 e. The molecule has 0 radical (unpaired) electrons. The third-order valence-corrected chi connectivity index (χ3v) is 3.22. The molecule has 4 nitrogen and oxygen atoms in total. The van der Waals surface area contributed by atoms with Gasteiger partial charge in [-0.05, 0) is 31.0 Å². The van der Waals surface area contributed by atoms with Crippen LogP contribution in [0.4, 0.5) is 11.4 Å². The molecular formula is C13H21N3O. The molecule has 0 heterocycles. The Bertz CT molecular complexity index is 404. The summed E-state index contributed by atoms with van der Waals surface area (Å²) in [6.07, 6.45) is 1.10. The van der Waals surface area contributed by atoms with E-state index in [0.717, 1.165) is 12.1 Å². The van der Waals surface area contributed by atoms with Gasteiger partial charge in [0.15, 0.2) is 0 Å². The Morgan fingerprint density at radius 2 is 2.06 bits per heavy atom. The van der Waals surface area contributed by atoms with Crippen LogP contribution in [-0.2, 0) is 0 Å². The smallest absolute Gasteiger partial charge is 0.248 e. The average molecular weight is 235 g/mol. The average Bonchev–Trinajstić information content (AvgIpc) is 2.30. The fourth-order valence-electron chi connectivity index (χ4n) is 1.59. The van der Waals surface area contributed by atoms with Crippen LogP contribution in [0.25, 0.3) is 0 Å². The second-order valence-corrected chi connectivity index (χ2v) is 4.48. The molecule has 1 aromatic rings. The zero-order valence-corrected chi connectivity index (χ0v) is 10.7. The van der Waals surface area contributed by atoms with Gasteiger partial charge in [0.1, 0.15) is 0 Å². The van der Waals surface area contributed by atoms with Crippen molar-refractivity contribution in [3.63, 3.8) is 0 Å². The Morgan fingerprint density at radius 1 is 1.41 bits per heavy atom. The maximum absolute atomic E-state index is 11.0. The predicted octanol–water partition coefficient (Wildman–Crippen LogP) is 2.21. The lowest BCUT2D eigenvalue weighted by Gasteiger charge is -2.22. The molecule has 0 aromatic heterocycles. The van der Waals surface area contributed by atoms with Crippen molar-refractivity contribution in [3.05, 3.63) is 23.8 Å². The van der Waals surface area contributed by atoms with E-state index in [-0.39, 0.29) is 0 Å². The standard InChI is InChI=1S/C13H21N3O/c1-4-8(2)9(3)16-12-6-5-10(13(15)17)7-11(12)14/h5-9,16H,4,14H2,1-3H3,(H2,15,17). The van der Waals surface area contributed by atoms with E-state index >= 15 is 0 Å². The van der Waals surface area contributed by atoms with Crippen LogP contribution < -0.4 is 16.8 Å². The molecule has 0 aliphatic rings. The molecule has 1 amide bonds. The van der Waals surface area contributed by atoms with Gasteiger partial charge in [-0.2, -0.15) is 0 Å². The second kappa shape index (κ2) is 5.57. The SMILES string of the molecule is CCC(C)C(C)Nc1ccc(C(N)=O)cc1N. The van der Waals surface area contributed by atoms with E-state index < -0.39 is 5.91 Å². The lowest BCUT2D eigenvalue weighted by atomic mass is 10.0. The predicted molar refractivity (Wildman–Crippen MR) is 71.9 cm³/mol. The fraction of sp³-hybridized carbons (Fsp3) is 0.462. The number of rotatable bonds is 5.